The molecular weight excluding hydrogens is 400 g/mol. The van der Waals surface area contributed by atoms with Crippen molar-refractivity contribution in [2.75, 3.05) is 25.6 Å². The lowest BCUT2D eigenvalue weighted by Gasteiger charge is -2.13. The smallest absolute Gasteiger partial charge is 0.329 e. The Bertz CT molecular complexity index is 959. The minimum Gasteiger partial charge on any atom is -0.493 e. The third kappa shape index (κ3) is 7.14. The molecule has 0 heterocycles. The Morgan fingerprint density at radius 1 is 1.06 bits per heavy atom. The number of ether oxygens (including phenoxy) is 2. The second kappa shape index (κ2) is 12.0. The molecule has 9 heteroatoms. The molecule has 164 valence electrons. The SMILES string of the molecule is CCCNC(=O)C(=O)N/N=C\c1cccc(OC)c1OCC(=O)Nc1ccccc1C. The highest BCUT2D eigenvalue weighted by atomic mass is 16.5. The molecule has 0 atom stereocenters. The number of amides is 3. The quantitative estimate of drug-likeness (QED) is 0.322. The number of nitrogens with one attached hydrogen (secondary N) is 3. The molecule has 2 rings (SSSR count). The minimum atomic E-state index is -0.882. The van der Waals surface area contributed by atoms with E-state index in [1.807, 2.05) is 32.0 Å². The fraction of sp³-hybridized carbons (Fsp3) is 0.273. The number of hydrogen-bond donors (Lipinski definition) is 3. The molecule has 2 aromatic rings. The van der Waals surface area contributed by atoms with Crippen molar-refractivity contribution in [1.29, 1.82) is 0 Å². The van der Waals surface area contributed by atoms with Crippen LogP contribution in [0.3, 0.4) is 0 Å². The first-order valence-electron chi connectivity index (χ1n) is 9.72. The fourth-order valence-electron chi connectivity index (χ4n) is 2.52. The summed E-state index contributed by atoms with van der Waals surface area (Å²) in [6, 6.07) is 12.4. The lowest BCUT2D eigenvalue weighted by atomic mass is 10.2. The van der Waals surface area contributed by atoms with Gasteiger partial charge in [0.25, 0.3) is 5.91 Å². The van der Waals surface area contributed by atoms with E-state index in [9.17, 15) is 14.4 Å². The Morgan fingerprint density at radius 2 is 1.84 bits per heavy atom. The van der Waals surface area contributed by atoms with E-state index in [1.54, 1.807) is 24.3 Å². The summed E-state index contributed by atoms with van der Waals surface area (Å²) in [7, 11) is 1.47. The van der Waals surface area contributed by atoms with Gasteiger partial charge in [-0.1, -0.05) is 31.2 Å². The van der Waals surface area contributed by atoms with E-state index in [2.05, 4.69) is 21.2 Å². The summed E-state index contributed by atoms with van der Waals surface area (Å²) < 4.78 is 11.0. The molecule has 0 aliphatic heterocycles. The molecule has 0 unspecified atom stereocenters. The molecule has 0 radical (unpaired) electrons. The Balaban J connectivity index is 2.04. The standard InChI is InChI=1S/C22H26N4O5/c1-4-12-23-21(28)22(29)26-24-13-16-9-7-11-18(30-3)20(16)31-14-19(27)25-17-10-6-5-8-15(17)2/h5-11,13H,4,12,14H2,1-3H3,(H,23,28)(H,25,27)(H,26,29)/b24-13-. The maximum Gasteiger partial charge on any atom is 0.329 e. The molecule has 0 spiro atoms. The molecular formula is C22H26N4O5. The highest BCUT2D eigenvalue weighted by Gasteiger charge is 2.14. The highest BCUT2D eigenvalue weighted by Crippen LogP contribution is 2.30. The van der Waals surface area contributed by atoms with E-state index in [0.29, 0.717) is 30.0 Å². The molecule has 3 amide bonds. The first-order valence-corrected chi connectivity index (χ1v) is 9.72. The van der Waals surface area contributed by atoms with Crippen LogP contribution in [-0.2, 0) is 14.4 Å². The number of aryl methyl sites for hydroxylation is 1. The molecule has 0 fully saturated rings. The Morgan fingerprint density at radius 3 is 2.55 bits per heavy atom. The van der Waals surface area contributed by atoms with Crippen LogP contribution in [0.15, 0.2) is 47.6 Å². The van der Waals surface area contributed by atoms with Crippen molar-refractivity contribution in [1.82, 2.24) is 10.7 Å². The van der Waals surface area contributed by atoms with Gasteiger partial charge in [-0.3, -0.25) is 14.4 Å². The molecule has 0 aromatic heterocycles. The van der Waals surface area contributed by atoms with Crippen molar-refractivity contribution in [2.45, 2.75) is 20.3 Å². The monoisotopic (exact) mass is 426 g/mol. The average molecular weight is 426 g/mol. The normalized spacial score (nSPS) is 10.4. The number of nitrogens with zero attached hydrogens (tertiary/aromatic N) is 1. The van der Waals surface area contributed by atoms with Crippen LogP contribution in [-0.4, -0.2) is 44.2 Å². The van der Waals surface area contributed by atoms with E-state index in [1.165, 1.54) is 13.3 Å². The number of carbonyl (C=O) groups excluding carboxylic acids is 3. The summed E-state index contributed by atoms with van der Waals surface area (Å²) in [5.74, 6) is -1.33. The van der Waals surface area contributed by atoms with E-state index < -0.39 is 11.8 Å². The Kier molecular flexibility index (Phi) is 9.03. The van der Waals surface area contributed by atoms with Crippen molar-refractivity contribution in [3.8, 4) is 11.5 Å². The molecule has 9 nitrogen and oxygen atoms in total. The summed E-state index contributed by atoms with van der Waals surface area (Å²) >= 11 is 0. The van der Waals surface area contributed by atoms with Crippen LogP contribution in [0.4, 0.5) is 5.69 Å². The molecule has 0 saturated carbocycles. The predicted octanol–water partition coefficient (Wildman–Crippen LogP) is 2.00. The lowest BCUT2D eigenvalue weighted by Crippen LogP contribution is -2.38. The number of benzene rings is 2. The number of hydrogen-bond acceptors (Lipinski definition) is 6. The van der Waals surface area contributed by atoms with Gasteiger partial charge in [0.15, 0.2) is 18.1 Å². The van der Waals surface area contributed by atoms with Gasteiger partial charge < -0.3 is 20.1 Å². The van der Waals surface area contributed by atoms with Crippen LogP contribution in [0.25, 0.3) is 0 Å². The minimum absolute atomic E-state index is 0.263. The van der Waals surface area contributed by atoms with Gasteiger partial charge in [-0.15, -0.1) is 0 Å². The van der Waals surface area contributed by atoms with E-state index >= 15 is 0 Å². The zero-order valence-electron chi connectivity index (χ0n) is 17.7. The fourth-order valence-corrected chi connectivity index (χ4v) is 2.52. The molecule has 0 aliphatic rings. The Hall–Kier alpha value is -3.88. The number of rotatable bonds is 9. The van der Waals surface area contributed by atoms with Crippen molar-refractivity contribution < 1.29 is 23.9 Å². The maximum absolute atomic E-state index is 12.3. The molecule has 2 aromatic carbocycles. The second-order valence-corrected chi connectivity index (χ2v) is 6.49. The number of anilines is 1. The first kappa shape index (κ1) is 23.4. The van der Waals surface area contributed by atoms with Gasteiger partial charge >= 0.3 is 11.8 Å². The van der Waals surface area contributed by atoms with Crippen LogP contribution in [0, 0.1) is 6.92 Å². The number of methoxy groups -OCH3 is 1. The molecule has 3 N–H and O–H groups in total. The zero-order chi connectivity index (χ0) is 22.6. The van der Waals surface area contributed by atoms with Crippen molar-refractivity contribution in [2.24, 2.45) is 5.10 Å². The van der Waals surface area contributed by atoms with Crippen molar-refractivity contribution in [3.05, 3.63) is 53.6 Å². The van der Waals surface area contributed by atoms with Gasteiger partial charge in [0.05, 0.1) is 13.3 Å². The average Bonchev–Trinajstić information content (AvgIpc) is 2.77. The summed E-state index contributed by atoms with van der Waals surface area (Å²) in [5.41, 5.74) is 4.23. The van der Waals surface area contributed by atoms with Gasteiger partial charge in [-0.2, -0.15) is 5.10 Å². The van der Waals surface area contributed by atoms with Crippen molar-refractivity contribution >= 4 is 29.6 Å². The third-order valence-corrected chi connectivity index (χ3v) is 4.11. The topological polar surface area (TPSA) is 118 Å². The largest absolute Gasteiger partial charge is 0.493 e. The van der Waals surface area contributed by atoms with Gasteiger partial charge in [0, 0.05) is 17.8 Å². The lowest BCUT2D eigenvalue weighted by molar-refractivity contribution is -0.139. The van der Waals surface area contributed by atoms with Gasteiger partial charge in [0.1, 0.15) is 0 Å². The van der Waals surface area contributed by atoms with Crippen LogP contribution < -0.4 is 25.5 Å². The van der Waals surface area contributed by atoms with Crippen LogP contribution in [0.2, 0.25) is 0 Å². The maximum atomic E-state index is 12.3. The van der Waals surface area contributed by atoms with Gasteiger partial charge in [-0.05, 0) is 37.1 Å². The molecule has 0 aliphatic carbocycles. The Labute approximate surface area is 180 Å². The second-order valence-electron chi connectivity index (χ2n) is 6.49. The van der Waals surface area contributed by atoms with E-state index in [4.69, 9.17) is 9.47 Å². The third-order valence-electron chi connectivity index (χ3n) is 4.11. The molecule has 31 heavy (non-hydrogen) atoms. The molecule has 0 bridgehead atoms. The summed E-state index contributed by atoms with van der Waals surface area (Å²) in [5, 5.41) is 9.03. The predicted molar refractivity (Wildman–Crippen MR) is 117 cm³/mol. The van der Waals surface area contributed by atoms with E-state index in [-0.39, 0.29) is 18.3 Å². The summed E-state index contributed by atoms with van der Waals surface area (Å²) in [6.45, 7) is 3.90. The first-order chi connectivity index (χ1) is 15.0. The van der Waals surface area contributed by atoms with Crippen LogP contribution in [0.5, 0.6) is 11.5 Å². The van der Waals surface area contributed by atoms with Crippen molar-refractivity contribution in [3.63, 3.8) is 0 Å². The summed E-state index contributed by atoms with van der Waals surface area (Å²) in [6.07, 6.45) is 2.02. The van der Waals surface area contributed by atoms with Gasteiger partial charge in [0.2, 0.25) is 0 Å². The van der Waals surface area contributed by atoms with Crippen LogP contribution >= 0.6 is 0 Å². The zero-order valence-corrected chi connectivity index (χ0v) is 17.7. The number of hydrazone groups is 1. The molecule has 0 saturated heterocycles. The van der Waals surface area contributed by atoms with E-state index in [0.717, 1.165) is 5.56 Å². The number of carbonyl (C=O) groups is 3. The summed E-state index contributed by atoms with van der Waals surface area (Å²) in [4.78, 5) is 35.6. The highest BCUT2D eigenvalue weighted by molar-refractivity contribution is 6.35. The number of para-hydroxylation sites is 2. The van der Waals surface area contributed by atoms with Crippen LogP contribution in [0.1, 0.15) is 24.5 Å². The van der Waals surface area contributed by atoms with Gasteiger partial charge in [-0.25, -0.2) is 5.43 Å².